The first kappa shape index (κ1) is 13.4. The molecule has 3 N–H and O–H groups in total. The third-order valence-electron chi connectivity index (χ3n) is 5.30. The smallest absolute Gasteiger partial charge is 0.240 e. The van der Waals surface area contributed by atoms with E-state index in [4.69, 9.17) is 10.5 Å². The molecule has 0 bridgehead atoms. The van der Waals surface area contributed by atoms with E-state index in [1.807, 2.05) is 0 Å². The number of nitrogens with two attached hydrogens (primary N) is 1. The second-order valence-electron chi connectivity index (χ2n) is 6.59. The number of hydrogen-bond acceptors (Lipinski definition) is 3. The van der Waals surface area contributed by atoms with Gasteiger partial charge in [-0.1, -0.05) is 19.3 Å². The predicted molar refractivity (Wildman–Crippen MR) is 73.6 cm³/mol. The zero-order valence-electron chi connectivity index (χ0n) is 11.7. The first-order valence-electron chi connectivity index (χ1n) is 7.90. The van der Waals surface area contributed by atoms with E-state index in [1.54, 1.807) is 0 Å². The minimum absolute atomic E-state index is 0.0877. The van der Waals surface area contributed by atoms with Gasteiger partial charge in [0, 0.05) is 18.6 Å². The van der Waals surface area contributed by atoms with E-state index in [0.29, 0.717) is 12.0 Å². The number of carbonyl (C=O) groups is 1. The van der Waals surface area contributed by atoms with E-state index in [9.17, 15) is 4.79 Å². The summed E-state index contributed by atoms with van der Waals surface area (Å²) in [6, 6.07) is 0.288. The predicted octanol–water partition coefficient (Wildman–Crippen LogP) is 1.72. The molecular weight excluding hydrogens is 240 g/mol. The summed E-state index contributed by atoms with van der Waals surface area (Å²) in [6.07, 6.45) is 9.95. The number of ether oxygens (including phenoxy) is 1. The van der Waals surface area contributed by atoms with Crippen molar-refractivity contribution in [3.63, 3.8) is 0 Å². The lowest BCUT2D eigenvalue weighted by Crippen LogP contribution is -2.59. The summed E-state index contributed by atoms with van der Waals surface area (Å²) in [7, 11) is 0. The molecule has 0 radical (unpaired) electrons. The van der Waals surface area contributed by atoms with Gasteiger partial charge in [-0.2, -0.15) is 0 Å². The number of nitrogens with one attached hydrogen (secondary N) is 1. The van der Waals surface area contributed by atoms with Crippen LogP contribution < -0.4 is 11.1 Å². The third-order valence-corrected chi connectivity index (χ3v) is 5.30. The zero-order valence-corrected chi connectivity index (χ0v) is 11.7. The van der Waals surface area contributed by atoms with Gasteiger partial charge in [0.1, 0.15) is 0 Å². The number of carbonyl (C=O) groups excluding carboxylic acids is 1. The Morgan fingerprint density at radius 3 is 2.68 bits per heavy atom. The van der Waals surface area contributed by atoms with Crippen LogP contribution in [0.4, 0.5) is 0 Å². The average molecular weight is 266 g/mol. The van der Waals surface area contributed by atoms with Gasteiger partial charge in [0.05, 0.1) is 11.6 Å². The van der Waals surface area contributed by atoms with Crippen LogP contribution in [0.15, 0.2) is 0 Å². The average Bonchev–Trinajstić information content (AvgIpc) is 2.89. The number of fused-ring (bicyclic) bond motifs is 1. The monoisotopic (exact) mass is 266 g/mol. The van der Waals surface area contributed by atoms with Gasteiger partial charge >= 0.3 is 0 Å². The van der Waals surface area contributed by atoms with Crippen LogP contribution in [0.3, 0.4) is 0 Å². The summed E-state index contributed by atoms with van der Waals surface area (Å²) < 4.78 is 5.76. The van der Waals surface area contributed by atoms with Crippen molar-refractivity contribution in [2.45, 2.75) is 75.5 Å². The molecule has 0 aromatic rings. The summed E-state index contributed by atoms with van der Waals surface area (Å²) in [6.45, 7) is 0.857. The third kappa shape index (κ3) is 2.65. The van der Waals surface area contributed by atoms with Gasteiger partial charge in [0.25, 0.3) is 0 Å². The molecule has 1 saturated heterocycles. The van der Waals surface area contributed by atoms with Crippen LogP contribution in [0.1, 0.15) is 57.8 Å². The van der Waals surface area contributed by atoms with Gasteiger partial charge in [0.15, 0.2) is 0 Å². The molecule has 1 heterocycles. The molecule has 4 heteroatoms. The van der Waals surface area contributed by atoms with Crippen LogP contribution >= 0.6 is 0 Å². The molecule has 0 spiro atoms. The van der Waals surface area contributed by atoms with Crippen molar-refractivity contribution in [3.05, 3.63) is 0 Å². The van der Waals surface area contributed by atoms with Gasteiger partial charge in [-0.25, -0.2) is 0 Å². The van der Waals surface area contributed by atoms with Crippen LogP contribution in [-0.2, 0) is 9.53 Å². The van der Waals surface area contributed by atoms with Crippen LogP contribution in [-0.4, -0.2) is 30.2 Å². The fraction of sp³-hybridized carbons (Fsp3) is 0.933. The Bertz CT molecular complexity index is 339. The molecule has 2 aliphatic carbocycles. The van der Waals surface area contributed by atoms with Gasteiger partial charge in [-0.05, 0) is 38.5 Å². The molecule has 3 atom stereocenters. The Balaban J connectivity index is 1.62. The molecule has 3 fully saturated rings. The summed E-state index contributed by atoms with van der Waals surface area (Å²) in [4.78, 5) is 12.5. The minimum Gasteiger partial charge on any atom is -0.378 e. The Hall–Kier alpha value is -0.610. The molecule has 3 rings (SSSR count). The Kier molecular flexibility index (Phi) is 3.81. The lowest BCUT2D eigenvalue weighted by Gasteiger charge is -2.37. The maximum Gasteiger partial charge on any atom is 0.240 e. The molecule has 0 aromatic heterocycles. The molecule has 4 nitrogen and oxygen atoms in total. The highest BCUT2D eigenvalue weighted by Gasteiger charge is 2.41. The fourth-order valence-electron chi connectivity index (χ4n) is 4.08. The lowest BCUT2D eigenvalue weighted by atomic mass is 9.79. The van der Waals surface area contributed by atoms with Crippen molar-refractivity contribution in [2.24, 2.45) is 11.7 Å². The minimum atomic E-state index is -0.606. The fourth-order valence-corrected chi connectivity index (χ4v) is 4.08. The molecular formula is C15H26N2O2. The summed E-state index contributed by atoms with van der Waals surface area (Å²) in [5, 5.41) is 3.26. The largest absolute Gasteiger partial charge is 0.378 e. The number of hydrogen-bond donors (Lipinski definition) is 2. The molecule has 0 aromatic carbocycles. The second kappa shape index (κ2) is 5.41. The van der Waals surface area contributed by atoms with Gasteiger partial charge in [-0.3, -0.25) is 4.79 Å². The zero-order chi connectivity index (χ0) is 13.3. The van der Waals surface area contributed by atoms with E-state index >= 15 is 0 Å². The maximum absolute atomic E-state index is 12.5. The van der Waals surface area contributed by atoms with Crippen molar-refractivity contribution < 1.29 is 9.53 Å². The van der Waals surface area contributed by atoms with Gasteiger partial charge in [0.2, 0.25) is 5.91 Å². The van der Waals surface area contributed by atoms with Crippen LogP contribution in [0.25, 0.3) is 0 Å². The first-order valence-corrected chi connectivity index (χ1v) is 7.90. The van der Waals surface area contributed by atoms with Crippen LogP contribution in [0, 0.1) is 5.92 Å². The van der Waals surface area contributed by atoms with Crippen molar-refractivity contribution in [2.75, 3.05) is 6.61 Å². The molecule has 108 valence electrons. The topological polar surface area (TPSA) is 64.4 Å². The number of rotatable bonds is 2. The summed E-state index contributed by atoms with van der Waals surface area (Å²) in [5.41, 5.74) is 5.71. The summed E-state index contributed by atoms with van der Waals surface area (Å²) >= 11 is 0. The summed E-state index contributed by atoms with van der Waals surface area (Å²) in [5.74, 6) is 0.606. The Labute approximate surface area is 115 Å². The lowest BCUT2D eigenvalue weighted by molar-refractivity contribution is -0.129. The normalized spacial score (nSPS) is 37.6. The van der Waals surface area contributed by atoms with Gasteiger partial charge in [-0.15, -0.1) is 0 Å². The van der Waals surface area contributed by atoms with E-state index in [0.717, 1.165) is 58.0 Å². The number of amides is 1. The molecule has 19 heavy (non-hydrogen) atoms. The van der Waals surface area contributed by atoms with E-state index in [1.165, 1.54) is 6.42 Å². The highest BCUT2D eigenvalue weighted by Crippen LogP contribution is 2.35. The van der Waals surface area contributed by atoms with E-state index in [-0.39, 0.29) is 11.9 Å². The SMILES string of the molecule is NC1(C(=O)NC2CCCC3OCCC23)CCCCC1. The molecule has 1 aliphatic heterocycles. The molecule has 3 unspecified atom stereocenters. The first-order chi connectivity index (χ1) is 9.19. The van der Waals surface area contributed by atoms with Crippen molar-refractivity contribution in [1.29, 1.82) is 0 Å². The second-order valence-corrected chi connectivity index (χ2v) is 6.59. The standard InChI is InChI=1S/C15H26N2O2/c16-15(8-2-1-3-9-15)14(18)17-12-5-4-6-13-11(12)7-10-19-13/h11-13H,1-10,16H2,(H,17,18). The van der Waals surface area contributed by atoms with Crippen LogP contribution in [0.2, 0.25) is 0 Å². The highest BCUT2D eigenvalue weighted by molar-refractivity contribution is 5.86. The van der Waals surface area contributed by atoms with E-state index < -0.39 is 5.54 Å². The van der Waals surface area contributed by atoms with E-state index in [2.05, 4.69) is 5.32 Å². The quantitative estimate of drug-likeness (QED) is 0.800. The molecule has 2 saturated carbocycles. The maximum atomic E-state index is 12.5. The van der Waals surface area contributed by atoms with Crippen LogP contribution in [0.5, 0.6) is 0 Å². The van der Waals surface area contributed by atoms with Crippen molar-refractivity contribution in [3.8, 4) is 0 Å². The molecule has 3 aliphatic rings. The van der Waals surface area contributed by atoms with Crippen molar-refractivity contribution >= 4 is 5.91 Å². The highest BCUT2D eigenvalue weighted by atomic mass is 16.5. The Morgan fingerprint density at radius 2 is 1.89 bits per heavy atom. The van der Waals surface area contributed by atoms with Crippen molar-refractivity contribution in [1.82, 2.24) is 5.32 Å². The Morgan fingerprint density at radius 1 is 1.11 bits per heavy atom. The molecule has 1 amide bonds. The van der Waals surface area contributed by atoms with Gasteiger partial charge < -0.3 is 15.8 Å².